The van der Waals surface area contributed by atoms with E-state index < -0.39 is 0 Å². The van der Waals surface area contributed by atoms with E-state index in [9.17, 15) is 4.79 Å². The molecule has 0 radical (unpaired) electrons. The molecule has 6 heteroatoms. The summed E-state index contributed by atoms with van der Waals surface area (Å²) in [5, 5.41) is 1.03. The molecule has 2 aliphatic heterocycles. The Kier molecular flexibility index (Phi) is 4.49. The Labute approximate surface area is 167 Å². The average Bonchev–Trinajstić information content (AvgIpc) is 3.38. The smallest absolute Gasteiger partial charge is 0.247 e. The third-order valence-electron chi connectivity index (χ3n) is 5.12. The molecule has 0 saturated carbocycles. The van der Waals surface area contributed by atoms with Crippen LogP contribution in [0.2, 0.25) is 0 Å². The van der Waals surface area contributed by atoms with Gasteiger partial charge in [0.2, 0.25) is 5.91 Å². The predicted molar refractivity (Wildman–Crippen MR) is 110 cm³/mol. The van der Waals surface area contributed by atoms with Crippen LogP contribution in [0.4, 0.5) is 0 Å². The van der Waals surface area contributed by atoms with Gasteiger partial charge in [-0.2, -0.15) is 0 Å². The number of carbonyl (C=O) groups excluding carboxylic acids is 1. The molecule has 142 valence electrons. The average molecular weight is 392 g/mol. The monoisotopic (exact) mass is 392 g/mol. The van der Waals surface area contributed by atoms with Crippen molar-refractivity contribution in [2.24, 2.45) is 0 Å². The second-order valence-electron chi connectivity index (χ2n) is 6.95. The number of para-hydroxylation sites is 1. The number of thiazole rings is 1. The van der Waals surface area contributed by atoms with E-state index in [0.29, 0.717) is 13.2 Å². The minimum atomic E-state index is 0.0247. The maximum atomic E-state index is 12.9. The van der Waals surface area contributed by atoms with Gasteiger partial charge >= 0.3 is 0 Å². The normalized spacial score (nSPS) is 18.9. The van der Waals surface area contributed by atoms with Crippen molar-refractivity contribution in [2.45, 2.75) is 18.9 Å². The molecule has 2 aliphatic rings. The number of hydrogen-bond acceptors (Lipinski definition) is 5. The molecule has 3 aromatic rings. The van der Waals surface area contributed by atoms with Gasteiger partial charge in [0.1, 0.15) is 18.2 Å². The largest absolute Gasteiger partial charge is 0.486 e. The van der Waals surface area contributed by atoms with Crippen LogP contribution in [0, 0.1) is 0 Å². The van der Waals surface area contributed by atoms with Crippen molar-refractivity contribution < 1.29 is 14.3 Å². The van der Waals surface area contributed by atoms with Crippen molar-refractivity contribution in [1.82, 2.24) is 9.88 Å². The Hall–Kier alpha value is -2.86. The molecule has 2 aromatic carbocycles. The van der Waals surface area contributed by atoms with Crippen molar-refractivity contribution in [2.75, 3.05) is 19.8 Å². The predicted octanol–water partition coefficient (Wildman–Crippen LogP) is 4.44. The standard InChI is InChI=1S/C22H20N2O3S/c25-21(10-8-15-7-9-18-19(14-15)27-13-12-26-18)24-11-3-5-17(24)22-23-16-4-1-2-6-20(16)28-22/h1-2,4,6-10,14,17H,3,5,11-13H2. The molecule has 0 spiro atoms. The van der Waals surface area contributed by atoms with Gasteiger partial charge in [-0.25, -0.2) is 4.98 Å². The van der Waals surface area contributed by atoms with Crippen LogP contribution in [0.25, 0.3) is 16.3 Å². The highest BCUT2D eigenvalue weighted by Crippen LogP contribution is 2.37. The number of rotatable bonds is 3. The summed E-state index contributed by atoms with van der Waals surface area (Å²) in [6.07, 6.45) is 5.46. The van der Waals surface area contributed by atoms with E-state index in [1.165, 1.54) is 4.70 Å². The van der Waals surface area contributed by atoms with E-state index in [1.54, 1.807) is 17.4 Å². The molecule has 5 rings (SSSR count). The van der Waals surface area contributed by atoms with Gasteiger partial charge in [0.15, 0.2) is 11.5 Å². The first-order valence-electron chi connectivity index (χ1n) is 9.52. The maximum Gasteiger partial charge on any atom is 0.247 e. The topological polar surface area (TPSA) is 51.7 Å². The number of fused-ring (bicyclic) bond motifs is 2. The summed E-state index contributed by atoms with van der Waals surface area (Å²) in [4.78, 5) is 19.6. The minimum absolute atomic E-state index is 0.0247. The molecule has 1 amide bonds. The lowest BCUT2D eigenvalue weighted by atomic mass is 10.1. The van der Waals surface area contributed by atoms with Crippen LogP contribution in [0.3, 0.4) is 0 Å². The molecule has 1 fully saturated rings. The summed E-state index contributed by atoms with van der Waals surface area (Å²) in [6, 6.07) is 13.9. The number of aromatic nitrogens is 1. The summed E-state index contributed by atoms with van der Waals surface area (Å²) in [5.41, 5.74) is 1.93. The Bertz CT molecular complexity index is 1030. The highest BCUT2D eigenvalue weighted by Gasteiger charge is 2.31. The zero-order valence-electron chi connectivity index (χ0n) is 15.3. The summed E-state index contributed by atoms with van der Waals surface area (Å²) < 4.78 is 12.3. The third kappa shape index (κ3) is 3.24. The van der Waals surface area contributed by atoms with Crippen LogP contribution in [-0.4, -0.2) is 35.5 Å². The molecule has 0 aliphatic carbocycles. The number of amides is 1. The Morgan fingerprint density at radius 1 is 1.14 bits per heavy atom. The number of carbonyl (C=O) groups is 1. The summed E-state index contributed by atoms with van der Waals surface area (Å²) in [7, 11) is 0. The SMILES string of the molecule is O=C(C=Cc1ccc2c(c1)OCCO2)N1CCCC1c1nc2ccccc2s1. The number of nitrogens with zero attached hydrogens (tertiary/aromatic N) is 2. The fraction of sp³-hybridized carbons (Fsp3) is 0.273. The van der Waals surface area contributed by atoms with Crippen LogP contribution >= 0.6 is 11.3 Å². The lowest BCUT2D eigenvalue weighted by Crippen LogP contribution is -2.28. The van der Waals surface area contributed by atoms with Crippen molar-refractivity contribution >= 4 is 33.5 Å². The van der Waals surface area contributed by atoms with Crippen molar-refractivity contribution in [3.63, 3.8) is 0 Å². The second-order valence-corrected chi connectivity index (χ2v) is 8.01. The lowest BCUT2D eigenvalue weighted by molar-refractivity contribution is -0.126. The van der Waals surface area contributed by atoms with E-state index >= 15 is 0 Å². The zero-order chi connectivity index (χ0) is 18.9. The minimum Gasteiger partial charge on any atom is -0.486 e. The van der Waals surface area contributed by atoms with Crippen LogP contribution in [0.1, 0.15) is 29.5 Å². The number of benzene rings is 2. The molecular formula is C22H20N2O3S. The van der Waals surface area contributed by atoms with E-state index in [1.807, 2.05) is 47.4 Å². The van der Waals surface area contributed by atoms with Gasteiger partial charge in [0, 0.05) is 12.6 Å². The highest BCUT2D eigenvalue weighted by atomic mass is 32.1. The van der Waals surface area contributed by atoms with E-state index in [2.05, 4.69) is 6.07 Å². The zero-order valence-corrected chi connectivity index (χ0v) is 16.2. The fourth-order valence-electron chi connectivity index (χ4n) is 3.75. The molecule has 28 heavy (non-hydrogen) atoms. The summed E-state index contributed by atoms with van der Waals surface area (Å²) >= 11 is 1.69. The van der Waals surface area contributed by atoms with Gasteiger partial charge in [-0.15, -0.1) is 11.3 Å². The summed E-state index contributed by atoms with van der Waals surface area (Å²) in [6.45, 7) is 1.89. The van der Waals surface area contributed by atoms with Gasteiger partial charge in [-0.05, 0) is 48.7 Å². The Morgan fingerprint density at radius 3 is 2.89 bits per heavy atom. The first-order valence-corrected chi connectivity index (χ1v) is 10.3. The Morgan fingerprint density at radius 2 is 2.00 bits per heavy atom. The summed E-state index contributed by atoms with van der Waals surface area (Å²) in [5.74, 6) is 1.51. The van der Waals surface area contributed by atoms with Crippen molar-refractivity contribution in [1.29, 1.82) is 0 Å². The van der Waals surface area contributed by atoms with Crippen LogP contribution in [0.5, 0.6) is 11.5 Å². The van der Waals surface area contributed by atoms with Crippen LogP contribution in [0.15, 0.2) is 48.5 Å². The molecular weight excluding hydrogens is 372 g/mol. The van der Waals surface area contributed by atoms with Crippen LogP contribution < -0.4 is 9.47 Å². The second kappa shape index (κ2) is 7.28. The van der Waals surface area contributed by atoms with Crippen molar-refractivity contribution in [3.8, 4) is 11.5 Å². The Balaban J connectivity index is 1.34. The molecule has 1 aromatic heterocycles. The molecule has 5 nitrogen and oxygen atoms in total. The molecule has 1 unspecified atom stereocenters. The molecule has 1 atom stereocenters. The van der Waals surface area contributed by atoms with Crippen molar-refractivity contribution in [3.05, 3.63) is 59.1 Å². The number of likely N-dealkylation sites (tertiary alicyclic amines) is 1. The van der Waals surface area contributed by atoms with Gasteiger partial charge < -0.3 is 14.4 Å². The fourth-order valence-corrected chi connectivity index (χ4v) is 4.86. The van der Waals surface area contributed by atoms with E-state index in [-0.39, 0.29) is 11.9 Å². The van der Waals surface area contributed by atoms with E-state index in [4.69, 9.17) is 14.5 Å². The number of hydrogen-bond donors (Lipinski definition) is 0. The quantitative estimate of drug-likeness (QED) is 0.618. The van der Waals surface area contributed by atoms with Gasteiger partial charge in [-0.3, -0.25) is 4.79 Å². The molecule has 1 saturated heterocycles. The third-order valence-corrected chi connectivity index (χ3v) is 6.25. The first-order chi connectivity index (χ1) is 13.8. The lowest BCUT2D eigenvalue weighted by Gasteiger charge is -2.21. The highest BCUT2D eigenvalue weighted by molar-refractivity contribution is 7.18. The number of ether oxygens (including phenoxy) is 2. The molecule has 3 heterocycles. The molecule has 0 N–H and O–H groups in total. The molecule has 0 bridgehead atoms. The van der Waals surface area contributed by atoms with Gasteiger partial charge in [0.05, 0.1) is 16.3 Å². The first kappa shape index (κ1) is 17.3. The van der Waals surface area contributed by atoms with E-state index in [0.717, 1.165) is 47.0 Å². The van der Waals surface area contributed by atoms with Crippen LogP contribution in [-0.2, 0) is 4.79 Å². The maximum absolute atomic E-state index is 12.9. The van der Waals surface area contributed by atoms with Gasteiger partial charge in [0.25, 0.3) is 0 Å². The van der Waals surface area contributed by atoms with Gasteiger partial charge in [-0.1, -0.05) is 18.2 Å².